The molecule has 0 spiro atoms. The molecule has 0 bridgehead atoms. The number of halogens is 1. The monoisotopic (exact) mass is 299 g/mol. The van der Waals surface area contributed by atoms with E-state index in [9.17, 15) is 12.8 Å². The number of benzene rings is 1. The molecule has 0 aliphatic heterocycles. The Balaban J connectivity index is 2.17. The van der Waals surface area contributed by atoms with Gasteiger partial charge in [-0.05, 0) is 25.1 Å². The van der Waals surface area contributed by atoms with Gasteiger partial charge in [0, 0.05) is 18.2 Å². The van der Waals surface area contributed by atoms with E-state index in [1.54, 1.807) is 13.0 Å². The summed E-state index contributed by atoms with van der Waals surface area (Å²) < 4.78 is 44.7. The van der Waals surface area contributed by atoms with Gasteiger partial charge in [0.2, 0.25) is 10.0 Å². The van der Waals surface area contributed by atoms with Crippen molar-refractivity contribution in [3.05, 3.63) is 47.1 Å². The van der Waals surface area contributed by atoms with Crippen molar-refractivity contribution in [3.63, 3.8) is 0 Å². The lowest BCUT2D eigenvalue weighted by molar-refractivity contribution is 0.377. The van der Waals surface area contributed by atoms with Crippen LogP contribution in [0.5, 0.6) is 0 Å². The van der Waals surface area contributed by atoms with E-state index in [-0.39, 0.29) is 23.5 Å². The Hall–Kier alpha value is -1.77. The molecule has 1 heterocycles. The van der Waals surface area contributed by atoms with E-state index >= 15 is 0 Å². The summed E-state index contributed by atoms with van der Waals surface area (Å²) in [5, 5.41) is 3.65. The van der Waals surface area contributed by atoms with Gasteiger partial charge >= 0.3 is 0 Å². The second-order valence-corrected chi connectivity index (χ2v) is 5.98. The standard InChI is InChI=1S/C12H14FN3O3S/c1-8-4-10(19-16-8)7-15-20(17,18)11-2-3-12(13)9(5-11)6-14/h2-5,15H,6-7,14H2,1H3. The zero-order chi connectivity index (χ0) is 14.8. The van der Waals surface area contributed by atoms with Crippen molar-refractivity contribution < 1.29 is 17.3 Å². The van der Waals surface area contributed by atoms with E-state index in [1.165, 1.54) is 12.1 Å². The number of nitrogens with one attached hydrogen (secondary N) is 1. The number of aryl methyl sites for hydroxylation is 1. The Labute approximate surface area is 115 Å². The highest BCUT2D eigenvalue weighted by atomic mass is 32.2. The molecule has 0 fully saturated rings. The first-order valence-electron chi connectivity index (χ1n) is 5.83. The van der Waals surface area contributed by atoms with Crippen LogP contribution in [0.2, 0.25) is 0 Å². The van der Waals surface area contributed by atoms with Crippen molar-refractivity contribution in [2.45, 2.75) is 24.9 Å². The van der Waals surface area contributed by atoms with Crippen LogP contribution in [-0.2, 0) is 23.1 Å². The molecule has 108 valence electrons. The number of nitrogens with two attached hydrogens (primary N) is 1. The number of nitrogens with zero attached hydrogens (tertiary/aromatic N) is 1. The molecular formula is C12H14FN3O3S. The number of rotatable bonds is 5. The fourth-order valence-electron chi connectivity index (χ4n) is 1.62. The van der Waals surface area contributed by atoms with Crippen LogP contribution in [-0.4, -0.2) is 13.6 Å². The van der Waals surface area contributed by atoms with Crippen molar-refractivity contribution >= 4 is 10.0 Å². The van der Waals surface area contributed by atoms with Crippen molar-refractivity contribution in [3.8, 4) is 0 Å². The summed E-state index contributed by atoms with van der Waals surface area (Å²) >= 11 is 0. The summed E-state index contributed by atoms with van der Waals surface area (Å²) in [5.74, 6) is -0.135. The predicted molar refractivity (Wildman–Crippen MR) is 69.6 cm³/mol. The smallest absolute Gasteiger partial charge is 0.240 e. The van der Waals surface area contributed by atoms with E-state index < -0.39 is 15.8 Å². The maximum absolute atomic E-state index is 13.3. The first-order chi connectivity index (χ1) is 9.42. The van der Waals surface area contributed by atoms with Gasteiger partial charge in [0.25, 0.3) is 0 Å². The molecule has 1 aromatic carbocycles. The molecule has 0 saturated heterocycles. The second kappa shape index (κ2) is 5.70. The van der Waals surface area contributed by atoms with Gasteiger partial charge in [-0.15, -0.1) is 0 Å². The van der Waals surface area contributed by atoms with Gasteiger partial charge < -0.3 is 10.3 Å². The van der Waals surface area contributed by atoms with Crippen LogP contribution in [0.15, 0.2) is 33.7 Å². The minimum Gasteiger partial charge on any atom is -0.360 e. The highest BCUT2D eigenvalue weighted by Crippen LogP contribution is 2.15. The maximum atomic E-state index is 13.3. The molecule has 0 unspecified atom stereocenters. The molecule has 1 aromatic heterocycles. The lowest BCUT2D eigenvalue weighted by Gasteiger charge is -2.07. The van der Waals surface area contributed by atoms with Crippen LogP contribution >= 0.6 is 0 Å². The Morgan fingerprint density at radius 2 is 2.15 bits per heavy atom. The van der Waals surface area contributed by atoms with Crippen LogP contribution in [0.25, 0.3) is 0 Å². The predicted octanol–water partition coefficient (Wildman–Crippen LogP) is 1.06. The maximum Gasteiger partial charge on any atom is 0.240 e. The molecule has 0 aliphatic rings. The Morgan fingerprint density at radius 3 is 2.75 bits per heavy atom. The number of sulfonamides is 1. The zero-order valence-corrected chi connectivity index (χ0v) is 11.6. The normalized spacial score (nSPS) is 11.8. The molecule has 0 amide bonds. The molecular weight excluding hydrogens is 285 g/mol. The van der Waals surface area contributed by atoms with Crippen molar-refractivity contribution in [1.82, 2.24) is 9.88 Å². The molecule has 20 heavy (non-hydrogen) atoms. The van der Waals surface area contributed by atoms with E-state index in [0.717, 1.165) is 6.07 Å². The number of hydrogen-bond acceptors (Lipinski definition) is 5. The van der Waals surface area contributed by atoms with Gasteiger partial charge in [-0.2, -0.15) is 0 Å². The summed E-state index contributed by atoms with van der Waals surface area (Å²) in [5.41, 5.74) is 6.15. The molecule has 2 rings (SSSR count). The molecule has 6 nitrogen and oxygen atoms in total. The van der Waals surface area contributed by atoms with Crippen molar-refractivity contribution in [2.75, 3.05) is 0 Å². The summed E-state index contributed by atoms with van der Waals surface area (Å²) in [6.07, 6.45) is 0. The Kier molecular flexibility index (Phi) is 4.17. The molecule has 0 radical (unpaired) electrons. The molecule has 8 heteroatoms. The third-order valence-corrected chi connectivity index (χ3v) is 4.06. The van der Waals surface area contributed by atoms with Crippen LogP contribution in [0, 0.1) is 12.7 Å². The topological polar surface area (TPSA) is 98.2 Å². The fourth-order valence-corrected chi connectivity index (χ4v) is 2.67. The molecule has 0 atom stereocenters. The van der Waals surface area contributed by atoms with E-state index in [4.69, 9.17) is 10.3 Å². The average molecular weight is 299 g/mol. The van der Waals surface area contributed by atoms with Gasteiger partial charge in [0.05, 0.1) is 17.1 Å². The highest BCUT2D eigenvalue weighted by Gasteiger charge is 2.16. The van der Waals surface area contributed by atoms with Crippen LogP contribution in [0.1, 0.15) is 17.0 Å². The van der Waals surface area contributed by atoms with E-state index in [0.29, 0.717) is 11.5 Å². The third-order valence-electron chi connectivity index (χ3n) is 2.66. The van der Waals surface area contributed by atoms with Crippen LogP contribution in [0.3, 0.4) is 0 Å². The molecule has 0 aliphatic carbocycles. The minimum atomic E-state index is -3.76. The fraction of sp³-hybridized carbons (Fsp3) is 0.250. The largest absolute Gasteiger partial charge is 0.360 e. The van der Waals surface area contributed by atoms with E-state index in [2.05, 4.69) is 9.88 Å². The van der Waals surface area contributed by atoms with Crippen LogP contribution < -0.4 is 10.5 Å². The highest BCUT2D eigenvalue weighted by molar-refractivity contribution is 7.89. The Morgan fingerprint density at radius 1 is 1.40 bits per heavy atom. The van der Waals surface area contributed by atoms with Gasteiger partial charge in [0.15, 0.2) is 5.76 Å². The summed E-state index contributed by atoms with van der Waals surface area (Å²) in [6.45, 7) is 1.63. The van der Waals surface area contributed by atoms with Gasteiger partial charge in [-0.25, -0.2) is 17.5 Å². The van der Waals surface area contributed by atoms with Crippen molar-refractivity contribution in [2.24, 2.45) is 5.73 Å². The Bertz CT molecular complexity index is 712. The lowest BCUT2D eigenvalue weighted by Crippen LogP contribution is -2.23. The first-order valence-corrected chi connectivity index (χ1v) is 7.31. The van der Waals surface area contributed by atoms with E-state index in [1.807, 2.05) is 0 Å². The van der Waals surface area contributed by atoms with Crippen LogP contribution in [0.4, 0.5) is 4.39 Å². The van der Waals surface area contributed by atoms with Gasteiger partial charge in [-0.1, -0.05) is 5.16 Å². The zero-order valence-electron chi connectivity index (χ0n) is 10.8. The van der Waals surface area contributed by atoms with Crippen molar-refractivity contribution in [1.29, 1.82) is 0 Å². The molecule has 3 N–H and O–H groups in total. The lowest BCUT2D eigenvalue weighted by atomic mass is 10.2. The summed E-state index contributed by atoms with van der Waals surface area (Å²) in [7, 11) is -3.76. The quantitative estimate of drug-likeness (QED) is 0.860. The van der Waals surface area contributed by atoms with Gasteiger partial charge in [0.1, 0.15) is 5.82 Å². The minimum absolute atomic E-state index is 0.0293. The molecule has 2 aromatic rings. The second-order valence-electron chi connectivity index (χ2n) is 4.22. The summed E-state index contributed by atoms with van der Waals surface area (Å²) in [4.78, 5) is -0.0458. The first kappa shape index (κ1) is 14.6. The van der Waals surface area contributed by atoms with Gasteiger partial charge in [-0.3, -0.25) is 0 Å². The molecule has 0 saturated carbocycles. The SMILES string of the molecule is Cc1cc(CNS(=O)(=O)c2ccc(F)c(CN)c2)on1. The number of hydrogen-bond donors (Lipinski definition) is 2. The summed E-state index contributed by atoms with van der Waals surface area (Å²) in [6, 6.07) is 5.10. The number of aromatic nitrogens is 1. The average Bonchev–Trinajstić information content (AvgIpc) is 2.83. The third kappa shape index (κ3) is 3.21.